The molecule has 0 bridgehead atoms. The first-order valence-electron chi connectivity index (χ1n) is 5.35. The molecule has 0 saturated carbocycles. The number of aromatic hydroxyl groups is 8. The lowest BCUT2D eigenvalue weighted by Gasteiger charge is -2.11. The minimum absolute atomic E-state index is 0.178. The topological polar surface area (TPSA) is 162 Å². The zero-order valence-electron chi connectivity index (χ0n) is 10.1. The number of benzene rings is 2. The van der Waals surface area contributed by atoms with Gasteiger partial charge in [-0.25, -0.2) is 0 Å². The molecule has 0 spiro atoms. The molecule has 0 amide bonds. The Kier molecular flexibility index (Phi) is 3.44. The highest BCUT2D eigenvalue weighted by atomic mass is 32.2. The van der Waals surface area contributed by atoms with Crippen molar-refractivity contribution < 1.29 is 40.9 Å². The molecule has 0 aromatic heterocycles. The summed E-state index contributed by atoms with van der Waals surface area (Å²) in [6.45, 7) is 0. The maximum absolute atomic E-state index is 9.65. The fourth-order valence-electron chi connectivity index (χ4n) is 1.50. The van der Waals surface area contributed by atoms with Gasteiger partial charge in [0.1, 0.15) is 0 Å². The third kappa shape index (κ3) is 2.34. The van der Waals surface area contributed by atoms with Crippen LogP contribution in [0.4, 0.5) is 0 Å². The second-order valence-corrected chi connectivity index (χ2v) is 5.07. The lowest BCUT2D eigenvalue weighted by molar-refractivity contribution is 0.339. The molecule has 21 heavy (non-hydrogen) atoms. The summed E-state index contributed by atoms with van der Waals surface area (Å²) in [5.74, 6) is -6.77. The number of rotatable bonds is 2. The molecule has 0 saturated heterocycles. The fraction of sp³-hybridized carbons (Fsp3) is 0. The van der Waals surface area contributed by atoms with Crippen molar-refractivity contribution in [2.24, 2.45) is 0 Å². The standard InChI is InChI=1S/C12H10O8S/c13-3-1-5(9(17)11(19)7(3)15)21-6-2-4(14)8(16)12(20)10(6)18/h1-2,13-20H. The number of phenolic OH excluding ortho intramolecular Hbond substituents is 8. The predicted octanol–water partition coefficient (Wildman–Crippen LogP) is 1.48. The summed E-state index contributed by atoms with van der Waals surface area (Å²) in [6, 6.07) is 1.80. The summed E-state index contributed by atoms with van der Waals surface area (Å²) in [7, 11) is 0. The second-order valence-electron chi connectivity index (χ2n) is 3.98. The smallest absolute Gasteiger partial charge is 0.205 e. The predicted molar refractivity (Wildman–Crippen MR) is 70.3 cm³/mol. The van der Waals surface area contributed by atoms with Crippen LogP contribution in [0.25, 0.3) is 0 Å². The maximum Gasteiger partial charge on any atom is 0.205 e. The second kappa shape index (κ2) is 4.94. The molecule has 8 nitrogen and oxygen atoms in total. The van der Waals surface area contributed by atoms with Crippen molar-refractivity contribution in [1.82, 2.24) is 0 Å². The van der Waals surface area contributed by atoms with E-state index in [0.717, 1.165) is 12.1 Å². The molecule has 2 aromatic carbocycles. The number of phenols is 8. The monoisotopic (exact) mass is 314 g/mol. The Labute approximate surface area is 121 Å². The molecular weight excluding hydrogens is 304 g/mol. The van der Waals surface area contributed by atoms with Crippen LogP contribution in [0.3, 0.4) is 0 Å². The van der Waals surface area contributed by atoms with Gasteiger partial charge in [-0.05, 0) is 0 Å². The first-order chi connectivity index (χ1) is 9.73. The molecule has 0 unspecified atom stereocenters. The van der Waals surface area contributed by atoms with Gasteiger partial charge in [-0.1, -0.05) is 11.8 Å². The van der Waals surface area contributed by atoms with Crippen molar-refractivity contribution >= 4 is 11.8 Å². The summed E-state index contributed by atoms with van der Waals surface area (Å²) in [5, 5.41) is 75.3. The van der Waals surface area contributed by atoms with Gasteiger partial charge in [0.25, 0.3) is 0 Å². The Bertz CT molecular complexity index is 667. The van der Waals surface area contributed by atoms with E-state index in [1.807, 2.05) is 0 Å². The van der Waals surface area contributed by atoms with Gasteiger partial charge < -0.3 is 40.9 Å². The minimum atomic E-state index is -0.968. The molecule has 0 radical (unpaired) electrons. The quantitative estimate of drug-likeness (QED) is 0.303. The Balaban J connectivity index is 2.54. The van der Waals surface area contributed by atoms with Crippen molar-refractivity contribution in [2.75, 3.05) is 0 Å². The molecule has 2 rings (SSSR count). The largest absolute Gasteiger partial charge is 0.504 e. The van der Waals surface area contributed by atoms with Gasteiger partial charge in [0.15, 0.2) is 23.0 Å². The van der Waals surface area contributed by atoms with E-state index in [0.29, 0.717) is 11.8 Å². The molecule has 2 aromatic rings. The zero-order chi connectivity index (χ0) is 15.9. The summed E-state index contributed by atoms with van der Waals surface area (Å²) < 4.78 is 0. The van der Waals surface area contributed by atoms with E-state index in [4.69, 9.17) is 0 Å². The SMILES string of the molecule is Oc1cc(Sc2cc(O)c(O)c(O)c2O)c(O)c(O)c1O. The molecule has 0 aliphatic rings. The van der Waals surface area contributed by atoms with E-state index in [2.05, 4.69) is 0 Å². The molecule has 0 aliphatic heterocycles. The first-order valence-corrected chi connectivity index (χ1v) is 6.17. The van der Waals surface area contributed by atoms with E-state index in [-0.39, 0.29) is 9.79 Å². The van der Waals surface area contributed by atoms with Crippen LogP contribution < -0.4 is 0 Å². The van der Waals surface area contributed by atoms with Crippen molar-refractivity contribution in [3.63, 3.8) is 0 Å². The normalized spacial score (nSPS) is 10.7. The maximum atomic E-state index is 9.65. The van der Waals surface area contributed by atoms with Crippen LogP contribution in [0, 0.1) is 0 Å². The third-order valence-corrected chi connectivity index (χ3v) is 3.67. The van der Waals surface area contributed by atoms with Crippen LogP contribution in [0.1, 0.15) is 0 Å². The molecule has 9 heteroatoms. The fourth-order valence-corrected chi connectivity index (χ4v) is 2.46. The molecule has 8 N–H and O–H groups in total. The molecular formula is C12H10O8S. The van der Waals surface area contributed by atoms with Gasteiger partial charge in [-0.3, -0.25) is 0 Å². The van der Waals surface area contributed by atoms with E-state index >= 15 is 0 Å². The van der Waals surface area contributed by atoms with Gasteiger partial charge in [-0.2, -0.15) is 0 Å². The molecule has 0 atom stereocenters. The van der Waals surface area contributed by atoms with Gasteiger partial charge in [0.05, 0.1) is 9.79 Å². The van der Waals surface area contributed by atoms with Crippen LogP contribution in [-0.4, -0.2) is 40.9 Å². The summed E-state index contributed by atoms with van der Waals surface area (Å²) in [6.07, 6.45) is 0. The highest BCUT2D eigenvalue weighted by Gasteiger charge is 2.21. The van der Waals surface area contributed by atoms with Gasteiger partial charge in [0, 0.05) is 12.1 Å². The van der Waals surface area contributed by atoms with Crippen LogP contribution in [-0.2, 0) is 0 Å². The average Bonchev–Trinajstić information content (AvgIpc) is 2.45. The third-order valence-electron chi connectivity index (χ3n) is 2.60. The zero-order valence-corrected chi connectivity index (χ0v) is 11.0. The van der Waals surface area contributed by atoms with E-state index < -0.39 is 46.0 Å². The first kappa shape index (κ1) is 14.6. The average molecular weight is 314 g/mol. The lowest BCUT2D eigenvalue weighted by Crippen LogP contribution is -1.82. The minimum Gasteiger partial charge on any atom is -0.504 e. The van der Waals surface area contributed by atoms with Crippen molar-refractivity contribution in [3.8, 4) is 46.0 Å². The van der Waals surface area contributed by atoms with Crippen LogP contribution >= 0.6 is 11.8 Å². The number of hydrogen-bond acceptors (Lipinski definition) is 9. The van der Waals surface area contributed by atoms with E-state index in [1.165, 1.54) is 0 Å². The molecule has 0 fully saturated rings. The van der Waals surface area contributed by atoms with E-state index in [9.17, 15) is 40.9 Å². The lowest BCUT2D eigenvalue weighted by atomic mass is 10.2. The summed E-state index contributed by atoms with van der Waals surface area (Å²) >= 11 is 0.553. The molecule has 0 aliphatic carbocycles. The van der Waals surface area contributed by atoms with Crippen molar-refractivity contribution in [2.45, 2.75) is 9.79 Å². The summed E-state index contributed by atoms with van der Waals surface area (Å²) in [4.78, 5) is -0.356. The van der Waals surface area contributed by atoms with Crippen molar-refractivity contribution in [1.29, 1.82) is 0 Å². The Hall–Kier alpha value is -2.81. The van der Waals surface area contributed by atoms with E-state index in [1.54, 1.807) is 0 Å². The van der Waals surface area contributed by atoms with Crippen LogP contribution in [0.15, 0.2) is 21.9 Å². The highest BCUT2D eigenvalue weighted by molar-refractivity contribution is 7.99. The van der Waals surface area contributed by atoms with Crippen molar-refractivity contribution in [3.05, 3.63) is 12.1 Å². The molecule has 112 valence electrons. The van der Waals surface area contributed by atoms with Crippen LogP contribution in [0.5, 0.6) is 46.0 Å². The Morgan fingerprint density at radius 3 is 1.14 bits per heavy atom. The molecule has 0 heterocycles. The Morgan fingerprint density at radius 2 is 0.810 bits per heavy atom. The van der Waals surface area contributed by atoms with Gasteiger partial charge in [-0.15, -0.1) is 0 Å². The van der Waals surface area contributed by atoms with Crippen LogP contribution in [0.2, 0.25) is 0 Å². The Morgan fingerprint density at radius 1 is 0.476 bits per heavy atom. The van der Waals surface area contributed by atoms with Gasteiger partial charge >= 0.3 is 0 Å². The summed E-state index contributed by atoms with van der Waals surface area (Å²) in [5.41, 5.74) is 0. The number of hydrogen-bond donors (Lipinski definition) is 8. The van der Waals surface area contributed by atoms with Gasteiger partial charge in [0.2, 0.25) is 23.0 Å². The highest BCUT2D eigenvalue weighted by Crippen LogP contribution is 2.53.